The molecule has 0 aliphatic rings. The molecule has 1 aromatic heterocycles. The largest absolute Gasteiger partial charge is 0.384 e. The Morgan fingerprint density at radius 1 is 1.20 bits per heavy atom. The number of rotatable bonds is 3. The third-order valence-electron chi connectivity index (χ3n) is 3.21. The average molecular weight is 278 g/mol. The van der Waals surface area contributed by atoms with Crippen LogP contribution in [0.5, 0.6) is 0 Å². The summed E-state index contributed by atoms with van der Waals surface area (Å²) in [6, 6.07) is 4.65. The molecule has 20 heavy (non-hydrogen) atoms. The lowest BCUT2D eigenvalue weighted by molar-refractivity contribution is 0.513. The number of benzene rings is 1. The standard InChI is InChI=1S/C16H20F2N2/c1-5-8-19-12-9-13(16(2,3)4)20-15-10(12)6-7-11(17)14(15)18/h6-7,9H,5,8H2,1-4H3,(H,19,20). The van der Waals surface area contributed by atoms with Gasteiger partial charge in [-0.1, -0.05) is 27.7 Å². The van der Waals surface area contributed by atoms with Crippen molar-refractivity contribution >= 4 is 16.6 Å². The van der Waals surface area contributed by atoms with Crippen molar-refractivity contribution in [2.45, 2.75) is 39.5 Å². The van der Waals surface area contributed by atoms with E-state index in [4.69, 9.17) is 0 Å². The van der Waals surface area contributed by atoms with Gasteiger partial charge in [-0.15, -0.1) is 0 Å². The summed E-state index contributed by atoms with van der Waals surface area (Å²) in [6.07, 6.45) is 0.957. The summed E-state index contributed by atoms with van der Waals surface area (Å²) in [6.45, 7) is 8.84. The van der Waals surface area contributed by atoms with Gasteiger partial charge >= 0.3 is 0 Å². The van der Waals surface area contributed by atoms with Gasteiger partial charge in [0.15, 0.2) is 11.6 Å². The maximum absolute atomic E-state index is 14.0. The van der Waals surface area contributed by atoms with Crippen molar-refractivity contribution in [2.24, 2.45) is 0 Å². The number of halogens is 2. The predicted octanol–water partition coefficient (Wildman–Crippen LogP) is 4.63. The van der Waals surface area contributed by atoms with Crippen LogP contribution < -0.4 is 5.32 Å². The summed E-state index contributed by atoms with van der Waals surface area (Å²) in [5.41, 5.74) is 1.42. The van der Waals surface area contributed by atoms with E-state index >= 15 is 0 Å². The molecule has 0 aliphatic heterocycles. The summed E-state index contributed by atoms with van der Waals surface area (Å²) in [5, 5.41) is 3.88. The third kappa shape index (κ3) is 2.74. The quantitative estimate of drug-likeness (QED) is 0.885. The van der Waals surface area contributed by atoms with E-state index in [0.29, 0.717) is 5.39 Å². The molecule has 0 fully saturated rings. The van der Waals surface area contributed by atoms with E-state index < -0.39 is 11.6 Å². The van der Waals surface area contributed by atoms with Crippen LogP contribution in [0.25, 0.3) is 10.9 Å². The van der Waals surface area contributed by atoms with E-state index in [1.807, 2.05) is 26.8 Å². The Kier molecular flexibility index (Phi) is 3.93. The molecular formula is C16H20F2N2. The number of aromatic nitrogens is 1. The molecule has 0 aliphatic carbocycles. The fourth-order valence-electron chi connectivity index (χ4n) is 2.02. The van der Waals surface area contributed by atoms with Crippen molar-refractivity contribution in [2.75, 3.05) is 11.9 Å². The van der Waals surface area contributed by atoms with E-state index in [-0.39, 0.29) is 10.9 Å². The summed E-state index contributed by atoms with van der Waals surface area (Å²) in [4.78, 5) is 4.32. The van der Waals surface area contributed by atoms with Crippen LogP contribution in [0.15, 0.2) is 18.2 Å². The second kappa shape index (κ2) is 5.35. The zero-order valence-corrected chi connectivity index (χ0v) is 12.3. The van der Waals surface area contributed by atoms with E-state index in [1.165, 1.54) is 0 Å². The van der Waals surface area contributed by atoms with Crippen LogP contribution in [0.1, 0.15) is 39.8 Å². The first-order valence-electron chi connectivity index (χ1n) is 6.87. The van der Waals surface area contributed by atoms with Gasteiger partial charge in [-0.05, 0) is 24.6 Å². The lowest BCUT2D eigenvalue weighted by Crippen LogP contribution is -2.15. The average Bonchev–Trinajstić information content (AvgIpc) is 2.39. The Morgan fingerprint density at radius 2 is 1.90 bits per heavy atom. The Bertz CT molecular complexity index is 630. The molecule has 2 aromatic rings. The van der Waals surface area contributed by atoms with Crippen molar-refractivity contribution in [3.63, 3.8) is 0 Å². The van der Waals surface area contributed by atoms with Crippen molar-refractivity contribution in [1.82, 2.24) is 4.98 Å². The lowest BCUT2D eigenvalue weighted by Gasteiger charge is -2.20. The van der Waals surface area contributed by atoms with Crippen molar-refractivity contribution in [1.29, 1.82) is 0 Å². The smallest absolute Gasteiger partial charge is 0.185 e. The van der Waals surface area contributed by atoms with Crippen LogP contribution >= 0.6 is 0 Å². The molecular weight excluding hydrogens is 258 g/mol. The minimum absolute atomic E-state index is 0.0935. The first-order chi connectivity index (χ1) is 9.34. The zero-order valence-electron chi connectivity index (χ0n) is 12.3. The first kappa shape index (κ1) is 14.7. The summed E-state index contributed by atoms with van der Waals surface area (Å²) < 4.78 is 27.4. The predicted molar refractivity (Wildman–Crippen MR) is 79.1 cm³/mol. The summed E-state index contributed by atoms with van der Waals surface area (Å²) >= 11 is 0. The molecule has 108 valence electrons. The molecule has 1 aromatic carbocycles. The highest BCUT2D eigenvalue weighted by atomic mass is 19.2. The fraction of sp³-hybridized carbons (Fsp3) is 0.438. The molecule has 0 unspecified atom stereocenters. The number of hydrogen-bond acceptors (Lipinski definition) is 2. The Hall–Kier alpha value is -1.71. The Morgan fingerprint density at radius 3 is 2.50 bits per heavy atom. The van der Waals surface area contributed by atoms with E-state index in [0.717, 1.165) is 30.4 Å². The molecule has 0 bridgehead atoms. The van der Waals surface area contributed by atoms with Crippen LogP contribution in [-0.2, 0) is 5.41 Å². The van der Waals surface area contributed by atoms with Gasteiger partial charge in [0.1, 0.15) is 5.52 Å². The summed E-state index contributed by atoms with van der Waals surface area (Å²) in [5.74, 6) is -1.74. The minimum Gasteiger partial charge on any atom is -0.384 e. The van der Waals surface area contributed by atoms with Crippen molar-refractivity contribution in [3.05, 3.63) is 35.5 Å². The van der Waals surface area contributed by atoms with Gasteiger partial charge in [-0.2, -0.15) is 0 Å². The highest BCUT2D eigenvalue weighted by molar-refractivity contribution is 5.92. The molecule has 2 rings (SSSR count). The van der Waals surface area contributed by atoms with Crippen LogP contribution in [0, 0.1) is 11.6 Å². The molecule has 0 radical (unpaired) electrons. The van der Waals surface area contributed by atoms with E-state index in [9.17, 15) is 8.78 Å². The van der Waals surface area contributed by atoms with Gasteiger partial charge in [0.25, 0.3) is 0 Å². The van der Waals surface area contributed by atoms with Crippen LogP contribution in [0.4, 0.5) is 14.5 Å². The van der Waals surface area contributed by atoms with E-state index in [1.54, 1.807) is 6.07 Å². The molecule has 1 heterocycles. The topological polar surface area (TPSA) is 24.9 Å². The molecule has 4 heteroatoms. The monoisotopic (exact) mass is 278 g/mol. The highest BCUT2D eigenvalue weighted by Gasteiger charge is 2.20. The normalized spacial score (nSPS) is 11.9. The van der Waals surface area contributed by atoms with Crippen LogP contribution in [0.3, 0.4) is 0 Å². The van der Waals surface area contributed by atoms with Gasteiger partial charge in [0.2, 0.25) is 0 Å². The number of nitrogens with zero attached hydrogens (tertiary/aromatic N) is 1. The van der Waals surface area contributed by atoms with Gasteiger partial charge in [-0.3, -0.25) is 0 Å². The minimum atomic E-state index is -0.881. The van der Waals surface area contributed by atoms with Crippen LogP contribution in [-0.4, -0.2) is 11.5 Å². The highest BCUT2D eigenvalue weighted by Crippen LogP contribution is 2.31. The van der Waals surface area contributed by atoms with E-state index in [2.05, 4.69) is 17.2 Å². The Labute approximate surface area is 118 Å². The number of nitrogens with one attached hydrogen (secondary N) is 1. The Balaban J connectivity index is 2.71. The third-order valence-corrected chi connectivity index (χ3v) is 3.21. The van der Waals surface area contributed by atoms with Gasteiger partial charge in [0.05, 0.1) is 0 Å². The van der Waals surface area contributed by atoms with Gasteiger partial charge in [0, 0.05) is 28.7 Å². The maximum atomic E-state index is 14.0. The second-order valence-electron chi connectivity index (χ2n) is 5.99. The lowest BCUT2D eigenvalue weighted by atomic mass is 9.90. The second-order valence-corrected chi connectivity index (χ2v) is 5.99. The van der Waals surface area contributed by atoms with Gasteiger partial charge in [-0.25, -0.2) is 13.8 Å². The van der Waals surface area contributed by atoms with Crippen molar-refractivity contribution in [3.8, 4) is 0 Å². The van der Waals surface area contributed by atoms with Gasteiger partial charge < -0.3 is 5.32 Å². The molecule has 1 N–H and O–H groups in total. The molecule has 0 saturated heterocycles. The first-order valence-corrected chi connectivity index (χ1v) is 6.87. The number of pyridine rings is 1. The molecule has 0 saturated carbocycles. The SMILES string of the molecule is CCCNc1cc(C(C)(C)C)nc2c(F)c(F)ccc12. The zero-order chi connectivity index (χ0) is 14.9. The van der Waals surface area contributed by atoms with Crippen LogP contribution in [0.2, 0.25) is 0 Å². The molecule has 0 amide bonds. The fourth-order valence-corrected chi connectivity index (χ4v) is 2.02. The number of fused-ring (bicyclic) bond motifs is 1. The molecule has 0 atom stereocenters. The maximum Gasteiger partial charge on any atom is 0.185 e. The summed E-state index contributed by atoms with van der Waals surface area (Å²) in [7, 11) is 0. The van der Waals surface area contributed by atoms with Crippen molar-refractivity contribution < 1.29 is 8.78 Å². The molecule has 0 spiro atoms. The number of anilines is 1. The number of hydrogen-bond donors (Lipinski definition) is 1. The molecule has 2 nitrogen and oxygen atoms in total.